The summed E-state index contributed by atoms with van der Waals surface area (Å²) in [4.78, 5) is 39.9. The summed E-state index contributed by atoms with van der Waals surface area (Å²) >= 11 is 0. The van der Waals surface area contributed by atoms with Gasteiger partial charge >= 0.3 is 11.9 Å². The van der Waals surface area contributed by atoms with Crippen LogP contribution in [-0.2, 0) is 6.54 Å². The van der Waals surface area contributed by atoms with Gasteiger partial charge in [-0.05, 0) is 31.1 Å². The van der Waals surface area contributed by atoms with Crippen molar-refractivity contribution in [1.82, 2.24) is 9.88 Å². The van der Waals surface area contributed by atoms with Gasteiger partial charge in [0, 0.05) is 12.1 Å². The first-order valence-electron chi connectivity index (χ1n) is 8.57. The highest BCUT2D eigenvalue weighted by molar-refractivity contribution is 6.07. The van der Waals surface area contributed by atoms with Gasteiger partial charge in [0.25, 0.3) is 5.56 Å². The van der Waals surface area contributed by atoms with E-state index in [2.05, 4.69) is 16.8 Å². The second-order valence-corrected chi connectivity index (χ2v) is 6.35. The average Bonchev–Trinajstić information content (AvgIpc) is 2.59. The molecule has 1 heterocycles. The fourth-order valence-corrected chi connectivity index (χ4v) is 3.02. The summed E-state index contributed by atoms with van der Waals surface area (Å²) in [5.74, 6) is -3.29. The van der Waals surface area contributed by atoms with Gasteiger partial charge in [0.1, 0.15) is 16.9 Å². The third kappa shape index (κ3) is 4.35. The van der Waals surface area contributed by atoms with E-state index < -0.39 is 28.6 Å². The second-order valence-electron chi connectivity index (χ2n) is 6.35. The minimum Gasteiger partial charge on any atom is -0.478 e. The van der Waals surface area contributed by atoms with Crippen molar-refractivity contribution in [3.8, 4) is 11.1 Å². The molecule has 0 bridgehead atoms. The molecule has 27 heavy (non-hydrogen) atoms. The van der Waals surface area contributed by atoms with Crippen LogP contribution in [0.2, 0.25) is 0 Å². The summed E-state index contributed by atoms with van der Waals surface area (Å²) in [5, 5.41) is 19.1. The van der Waals surface area contributed by atoms with E-state index in [-0.39, 0.29) is 11.4 Å². The molecule has 0 unspecified atom stereocenters. The lowest BCUT2D eigenvalue weighted by Gasteiger charge is -2.20. The Morgan fingerprint density at radius 2 is 1.78 bits per heavy atom. The predicted molar refractivity (Wildman–Crippen MR) is 102 cm³/mol. The zero-order valence-corrected chi connectivity index (χ0v) is 15.3. The highest BCUT2D eigenvalue weighted by Gasteiger charge is 2.27. The lowest BCUT2D eigenvalue weighted by atomic mass is 9.91. The van der Waals surface area contributed by atoms with Crippen LogP contribution in [0, 0.1) is 0 Å². The first-order valence-corrected chi connectivity index (χ1v) is 8.57. The van der Waals surface area contributed by atoms with Gasteiger partial charge in [-0.2, -0.15) is 0 Å². The largest absolute Gasteiger partial charge is 0.478 e. The summed E-state index contributed by atoms with van der Waals surface area (Å²) in [6.07, 6.45) is 2.03. The van der Waals surface area contributed by atoms with Crippen molar-refractivity contribution in [3.05, 3.63) is 51.3 Å². The summed E-state index contributed by atoms with van der Waals surface area (Å²) in [6, 6.07) is 6.84. The molecular weight excluding hydrogens is 350 g/mol. The number of carboxylic acids is 2. The number of nitrogens with zero attached hydrogens (tertiary/aromatic N) is 1. The van der Waals surface area contributed by atoms with Crippen molar-refractivity contribution < 1.29 is 19.8 Å². The number of benzene rings is 1. The molecule has 0 saturated heterocycles. The zero-order valence-electron chi connectivity index (χ0n) is 15.3. The van der Waals surface area contributed by atoms with Crippen LogP contribution in [-0.4, -0.2) is 45.6 Å². The highest BCUT2D eigenvalue weighted by atomic mass is 16.4. The number of hydrogen-bond acceptors (Lipinski definition) is 5. The Labute approximate surface area is 156 Å². The Kier molecular flexibility index (Phi) is 6.36. The number of aromatic nitrogens is 1. The molecule has 0 aliphatic rings. The Morgan fingerprint density at radius 1 is 1.15 bits per heavy atom. The van der Waals surface area contributed by atoms with Crippen LogP contribution < -0.4 is 11.3 Å². The third-order valence-electron chi connectivity index (χ3n) is 4.29. The fraction of sp³-hybridized carbons (Fsp3) is 0.316. The van der Waals surface area contributed by atoms with Gasteiger partial charge in [0.15, 0.2) is 0 Å². The van der Waals surface area contributed by atoms with Gasteiger partial charge in [-0.1, -0.05) is 37.6 Å². The van der Waals surface area contributed by atoms with Crippen molar-refractivity contribution in [2.24, 2.45) is 0 Å². The van der Waals surface area contributed by atoms with Crippen molar-refractivity contribution in [3.63, 3.8) is 0 Å². The summed E-state index contributed by atoms with van der Waals surface area (Å²) in [7, 11) is 1.93. The topological polar surface area (TPSA) is 137 Å². The van der Waals surface area contributed by atoms with Gasteiger partial charge < -0.3 is 25.8 Å². The van der Waals surface area contributed by atoms with Gasteiger partial charge in [-0.3, -0.25) is 4.79 Å². The number of nitrogen functional groups attached to an aromatic ring is 1. The lowest BCUT2D eigenvalue weighted by molar-refractivity contribution is 0.0695. The standard InChI is InChI=1S/C19H23N3O5/c1-3-4-9-22(2)10-11-7-5-6-8-12(11)13-14(18(24)25)16(20)21-17(23)15(13)19(26)27/h5-8H,3-4,9-10H2,1-2H3,(H,24,25)(H,26,27)(H3,20,21,23). The number of hydrogen-bond donors (Lipinski definition) is 4. The maximum absolute atomic E-state index is 12.2. The molecule has 0 aliphatic carbocycles. The quantitative estimate of drug-likeness (QED) is 0.557. The molecule has 5 N–H and O–H groups in total. The van der Waals surface area contributed by atoms with Gasteiger partial charge in [0.05, 0.1) is 0 Å². The second kappa shape index (κ2) is 8.50. The molecule has 8 nitrogen and oxygen atoms in total. The molecule has 0 radical (unpaired) electrons. The van der Waals surface area contributed by atoms with Crippen LogP contribution in [0.4, 0.5) is 5.82 Å². The summed E-state index contributed by atoms with van der Waals surface area (Å²) in [6.45, 7) is 3.39. The number of unbranched alkanes of at least 4 members (excludes halogenated alkanes) is 1. The summed E-state index contributed by atoms with van der Waals surface area (Å²) in [5.41, 5.74) is 4.63. The van der Waals surface area contributed by atoms with E-state index in [4.69, 9.17) is 5.73 Å². The maximum Gasteiger partial charge on any atom is 0.342 e. The first kappa shape index (κ1) is 20.2. The Bertz CT molecular complexity index is 920. The van der Waals surface area contributed by atoms with E-state index in [1.165, 1.54) is 0 Å². The van der Waals surface area contributed by atoms with E-state index in [9.17, 15) is 24.6 Å². The summed E-state index contributed by atoms with van der Waals surface area (Å²) < 4.78 is 0. The molecule has 2 aromatic rings. The Balaban J connectivity index is 2.73. The minimum absolute atomic E-state index is 0.171. The number of rotatable bonds is 8. The van der Waals surface area contributed by atoms with Crippen molar-refractivity contribution in [2.75, 3.05) is 19.3 Å². The van der Waals surface area contributed by atoms with Gasteiger partial charge in [0.2, 0.25) is 0 Å². The number of nitrogens with two attached hydrogens (primary N) is 1. The molecule has 144 valence electrons. The molecule has 0 aliphatic heterocycles. The smallest absolute Gasteiger partial charge is 0.342 e. The monoisotopic (exact) mass is 373 g/mol. The number of carboxylic acid groups (broad SMARTS) is 2. The van der Waals surface area contributed by atoms with Crippen molar-refractivity contribution in [1.29, 1.82) is 0 Å². The molecule has 1 aromatic carbocycles. The molecular formula is C19H23N3O5. The molecule has 0 atom stereocenters. The molecule has 1 aromatic heterocycles. The van der Waals surface area contributed by atoms with Gasteiger partial charge in [-0.15, -0.1) is 0 Å². The first-order chi connectivity index (χ1) is 12.8. The third-order valence-corrected chi connectivity index (χ3v) is 4.29. The number of carbonyl (C=O) groups is 2. The number of aromatic carboxylic acids is 2. The Hall–Kier alpha value is -3.13. The number of H-pyrrole nitrogens is 1. The predicted octanol–water partition coefficient (Wildman–Crippen LogP) is 2.25. The number of pyridine rings is 1. The number of anilines is 1. The van der Waals surface area contributed by atoms with Crippen molar-refractivity contribution >= 4 is 17.8 Å². The van der Waals surface area contributed by atoms with Crippen molar-refractivity contribution in [2.45, 2.75) is 26.3 Å². The highest BCUT2D eigenvalue weighted by Crippen LogP contribution is 2.32. The molecule has 0 saturated carbocycles. The normalized spacial score (nSPS) is 10.9. The number of nitrogens with one attached hydrogen (secondary N) is 1. The van der Waals surface area contributed by atoms with E-state index >= 15 is 0 Å². The minimum atomic E-state index is -1.51. The van der Waals surface area contributed by atoms with Crippen LogP contribution in [0.1, 0.15) is 46.0 Å². The van der Waals surface area contributed by atoms with Crippen LogP contribution >= 0.6 is 0 Å². The lowest BCUT2D eigenvalue weighted by Crippen LogP contribution is -2.25. The van der Waals surface area contributed by atoms with Crippen LogP contribution in [0.15, 0.2) is 29.1 Å². The molecule has 2 rings (SSSR count). The average molecular weight is 373 g/mol. The van der Waals surface area contributed by atoms with E-state index in [1.807, 2.05) is 7.05 Å². The van der Waals surface area contributed by atoms with Gasteiger partial charge in [-0.25, -0.2) is 9.59 Å². The van der Waals surface area contributed by atoms with Crippen LogP contribution in [0.5, 0.6) is 0 Å². The van der Waals surface area contributed by atoms with Crippen LogP contribution in [0.3, 0.4) is 0 Å². The van der Waals surface area contributed by atoms with E-state index in [1.54, 1.807) is 24.3 Å². The fourth-order valence-electron chi connectivity index (χ4n) is 3.02. The molecule has 8 heteroatoms. The zero-order chi connectivity index (χ0) is 20.1. The number of aromatic amines is 1. The molecule has 0 amide bonds. The van der Waals surface area contributed by atoms with Crippen LogP contribution in [0.25, 0.3) is 11.1 Å². The SMILES string of the molecule is CCCCN(C)Cc1ccccc1-c1c(C(=O)O)c(N)[nH]c(=O)c1C(=O)O. The van der Waals surface area contributed by atoms with E-state index in [0.29, 0.717) is 17.7 Å². The van der Waals surface area contributed by atoms with E-state index in [0.717, 1.165) is 19.4 Å². The molecule has 0 spiro atoms. The maximum atomic E-state index is 12.2. The molecule has 0 fully saturated rings. The Morgan fingerprint density at radius 3 is 2.37 bits per heavy atom.